The van der Waals surface area contributed by atoms with Crippen molar-refractivity contribution in [1.29, 1.82) is 0 Å². The van der Waals surface area contributed by atoms with Crippen molar-refractivity contribution in [2.24, 2.45) is 5.92 Å². The Bertz CT molecular complexity index is 389. The summed E-state index contributed by atoms with van der Waals surface area (Å²) < 4.78 is 5.56. The zero-order chi connectivity index (χ0) is 13.0. The van der Waals surface area contributed by atoms with Crippen LogP contribution in [0.5, 0.6) is 5.75 Å². The summed E-state index contributed by atoms with van der Waals surface area (Å²) in [5, 5.41) is 3.69. The fraction of sp³-hybridized carbons (Fsp3) is 0.625. The Morgan fingerprint density at radius 3 is 2.83 bits per heavy atom. The fourth-order valence-corrected chi connectivity index (χ4v) is 2.41. The van der Waals surface area contributed by atoms with Crippen LogP contribution in [-0.2, 0) is 6.42 Å². The van der Waals surface area contributed by atoms with Crippen molar-refractivity contribution in [3.8, 4) is 5.75 Å². The van der Waals surface area contributed by atoms with Crippen LogP contribution in [0.4, 0.5) is 0 Å². The van der Waals surface area contributed by atoms with E-state index >= 15 is 0 Å². The van der Waals surface area contributed by atoms with Crippen LogP contribution in [0.3, 0.4) is 0 Å². The van der Waals surface area contributed by atoms with E-state index < -0.39 is 0 Å². The first-order valence-corrected chi connectivity index (χ1v) is 7.23. The molecule has 2 nitrogen and oxygen atoms in total. The highest BCUT2D eigenvalue weighted by Gasteiger charge is 2.16. The molecule has 1 aliphatic heterocycles. The van der Waals surface area contributed by atoms with Crippen LogP contribution < -0.4 is 10.1 Å². The molecule has 0 radical (unpaired) electrons. The van der Waals surface area contributed by atoms with Gasteiger partial charge in [-0.1, -0.05) is 39.3 Å². The van der Waals surface area contributed by atoms with Crippen molar-refractivity contribution in [3.63, 3.8) is 0 Å². The number of ether oxygens (including phenoxy) is 1. The summed E-state index contributed by atoms with van der Waals surface area (Å²) in [6, 6.07) is 7.14. The summed E-state index contributed by atoms with van der Waals surface area (Å²) in [4.78, 5) is 0. The van der Waals surface area contributed by atoms with Crippen molar-refractivity contribution in [1.82, 2.24) is 5.32 Å². The minimum absolute atomic E-state index is 0.477. The molecule has 1 aromatic rings. The van der Waals surface area contributed by atoms with Crippen molar-refractivity contribution in [3.05, 3.63) is 29.3 Å². The van der Waals surface area contributed by atoms with Crippen LogP contribution in [0.2, 0.25) is 0 Å². The molecule has 0 saturated heterocycles. The number of fused-ring (bicyclic) bond motifs is 1. The van der Waals surface area contributed by atoms with E-state index in [4.69, 9.17) is 4.74 Å². The molecule has 100 valence electrons. The van der Waals surface area contributed by atoms with Gasteiger partial charge in [0.1, 0.15) is 5.75 Å². The molecule has 0 fully saturated rings. The van der Waals surface area contributed by atoms with E-state index in [2.05, 4.69) is 44.3 Å². The van der Waals surface area contributed by atoms with E-state index in [-0.39, 0.29) is 0 Å². The van der Waals surface area contributed by atoms with Crippen LogP contribution in [0, 0.1) is 5.92 Å². The molecule has 0 amide bonds. The van der Waals surface area contributed by atoms with E-state index in [0.29, 0.717) is 6.04 Å². The quantitative estimate of drug-likeness (QED) is 0.827. The summed E-state index contributed by atoms with van der Waals surface area (Å²) in [7, 11) is 0. The van der Waals surface area contributed by atoms with E-state index in [0.717, 1.165) is 37.7 Å². The number of benzene rings is 1. The SMILES string of the molecule is CCC(C)CNC(CC)c1ccc2c(c1)CCO2. The second kappa shape index (κ2) is 6.24. The van der Waals surface area contributed by atoms with E-state index in [1.165, 1.54) is 17.5 Å². The van der Waals surface area contributed by atoms with Crippen LogP contribution in [0.1, 0.15) is 50.8 Å². The molecule has 0 aromatic heterocycles. The minimum atomic E-state index is 0.477. The zero-order valence-corrected chi connectivity index (χ0v) is 11.8. The van der Waals surface area contributed by atoms with Crippen LogP contribution in [0.25, 0.3) is 0 Å². The standard InChI is InChI=1S/C16H25NO/c1-4-12(3)11-17-15(5-2)13-6-7-16-14(10-13)8-9-18-16/h6-7,10,12,15,17H,4-5,8-9,11H2,1-3H3. The fourth-order valence-electron chi connectivity index (χ4n) is 2.41. The van der Waals surface area contributed by atoms with Crippen molar-refractivity contribution < 1.29 is 4.74 Å². The molecule has 0 aliphatic carbocycles. The predicted molar refractivity (Wildman–Crippen MR) is 76.1 cm³/mol. The average Bonchev–Trinajstić information content (AvgIpc) is 2.86. The van der Waals surface area contributed by atoms with Gasteiger partial charge in [-0.05, 0) is 36.1 Å². The first-order chi connectivity index (χ1) is 8.74. The lowest BCUT2D eigenvalue weighted by Crippen LogP contribution is -2.25. The lowest BCUT2D eigenvalue weighted by molar-refractivity contribution is 0.356. The zero-order valence-electron chi connectivity index (χ0n) is 11.8. The molecule has 2 rings (SSSR count). The molecular weight excluding hydrogens is 222 g/mol. The normalized spacial score (nSPS) is 17.1. The molecule has 0 spiro atoms. The van der Waals surface area contributed by atoms with Gasteiger partial charge in [0.15, 0.2) is 0 Å². The van der Waals surface area contributed by atoms with E-state index in [1.54, 1.807) is 0 Å². The maximum atomic E-state index is 5.56. The predicted octanol–water partition coefficient (Wildman–Crippen LogP) is 3.71. The lowest BCUT2D eigenvalue weighted by atomic mass is 10.00. The Labute approximate surface area is 111 Å². The number of nitrogens with one attached hydrogen (secondary N) is 1. The van der Waals surface area contributed by atoms with E-state index in [1.807, 2.05) is 0 Å². The molecule has 1 aromatic carbocycles. The molecule has 1 N–H and O–H groups in total. The number of rotatable bonds is 6. The van der Waals surface area contributed by atoms with Gasteiger partial charge >= 0.3 is 0 Å². The molecule has 0 bridgehead atoms. The highest BCUT2D eigenvalue weighted by Crippen LogP contribution is 2.29. The summed E-state index contributed by atoms with van der Waals surface area (Å²) in [5.74, 6) is 1.83. The summed E-state index contributed by atoms with van der Waals surface area (Å²) in [6.07, 6.45) is 3.43. The molecule has 1 heterocycles. The summed E-state index contributed by atoms with van der Waals surface area (Å²) in [5.41, 5.74) is 2.78. The van der Waals surface area contributed by atoms with Crippen LogP contribution in [0.15, 0.2) is 18.2 Å². The van der Waals surface area contributed by atoms with Gasteiger partial charge in [0.25, 0.3) is 0 Å². The Kier molecular flexibility index (Phi) is 4.65. The number of hydrogen-bond donors (Lipinski definition) is 1. The second-order valence-corrected chi connectivity index (χ2v) is 5.35. The van der Waals surface area contributed by atoms with Crippen LogP contribution >= 0.6 is 0 Å². The lowest BCUT2D eigenvalue weighted by Gasteiger charge is -2.20. The van der Waals surface area contributed by atoms with E-state index in [9.17, 15) is 0 Å². The van der Waals surface area contributed by atoms with Gasteiger partial charge in [0.2, 0.25) is 0 Å². The molecule has 1 aliphatic rings. The van der Waals surface area contributed by atoms with Crippen molar-refractivity contribution in [2.75, 3.05) is 13.2 Å². The van der Waals surface area contributed by atoms with Gasteiger partial charge in [-0.3, -0.25) is 0 Å². The third kappa shape index (κ3) is 3.05. The first-order valence-electron chi connectivity index (χ1n) is 7.23. The Hall–Kier alpha value is -1.02. The van der Waals surface area contributed by atoms with Gasteiger partial charge in [-0.15, -0.1) is 0 Å². The van der Waals surface area contributed by atoms with Gasteiger partial charge in [-0.2, -0.15) is 0 Å². The van der Waals surface area contributed by atoms with Crippen LogP contribution in [-0.4, -0.2) is 13.2 Å². The third-order valence-corrected chi connectivity index (χ3v) is 3.93. The largest absolute Gasteiger partial charge is 0.493 e. The molecular formula is C16H25NO. The first kappa shape index (κ1) is 13.4. The molecule has 2 heteroatoms. The second-order valence-electron chi connectivity index (χ2n) is 5.35. The van der Waals surface area contributed by atoms with Crippen molar-refractivity contribution in [2.45, 2.75) is 46.1 Å². The maximum absolute atomic E-state index is 5.56. The van der Waals surface area contributed by atoms with Crippen molar-refractivity contribution >= 4 is 0 Å². The molecule has 0 saturated carbocycles. The van der Waals surface area contributed by atoms with Gasteiger partial charge in [-0.25, -0.2) is 0 Å². The van der Waals surface area contributed by atoms with Gasteiger partial charge < -0.3 is 10.1 Å². The number of hydrogen-bond acceptors (Lipinski definition) is 2. The summed E-state index contributed by atoms with van der Waals surface area (Å²) in [6.45, 7) is 8.74. The third-order valence-electron chi connectivity index (χ3n) is 3.93. The van der Waals surface area contributed by atoms with Gasteiger partial charge in [0, 0.05) is 12.5 Å². The highest BCUT2D eigenvalue weighted by molar-refractivity contribution is 5.40. The summed E-state index contributed by atoms with van der Waals surface area (Å²) >= 11 is 0. The van der Waals surface area contributed by atoms with Gasteiger partial charge in [0.05, 0.1) is 6.61 Å². The molecule has 2 atom stereocenters. The minimum Gasteiger partial charge on any atom is -0.493 e. The Morgan fingerprint density at radius 2 is 2.11 bits per heavy atom. The topological polar surface area (TPSA) is 21.3 Å². The molecule has 2 unspecified atom stereocenters. The monoisotopic (exact) mass is 247 g/mol. The molecule has 18 heavy (non-hydrogen) atoms. The maximum Gasteiger partial charge on any atom is 0.122 e. The highest BCUT2D eigenvalue weighted by atomic mass is 16.5. The smallest absolute Gasteiger partial charge is 0.122 e. The Balaban J connectivity index is 2.03. The Morgan fingerprint density at radius 1 is 1.28 bits per heavy atom. The average molecular weight is 247 g/mol.